The van der Waals surface area contributed by atoms with Gasteiger partial charge in [0, 0.05) is 24.4 Å². The normalized spacial score (nSPS) is 20.4. The van der Waals surface area contributed by atoms with Crippen molar-refractivity contribution in [2.45, 2.75) is 0 Å². The van der Waals surface area contributed by atoms with Crippen LogP contribution in [0.15, 0.2) is 23.8 Å². The van der Waals surface area contributed by atoms with Gasteiger partial charge in [0.1, 0.15) is 0 Å². The summed E-state index contributed by atoms with van der Waals surface area (Å²) >= 11 is 3.54. The standard InChI is InChI=1S/C4H5NS.C3H7NS/c1-2-4-6-5-3-1;1-2-5-3-4-1/h1-5H;4H,1-3H2. The highest BCUT2D eigenvalue weighted by molar-refractivity contribution is 8.00. The van der Waals surface area contributed by atoms with Gasteiger partial charge in [0.25, 0.3) is 0 Å². The molecule has 0 aliphatic carbocycles. The number of allylic oxidation sites excluding steroid dienone is 2. The SMILES string of the molecule is C1=CNSC=C1.C1CSCN1. The van der Waals surface area contributed by atoms with Crippen LogP contribution in [0.25, 0.3) is 0 Å². The second-order valence-corrected chi connectivity index (χ2v) is 3.82. The Kier molecular flexibility index (Phi) is 5.45. The lowest BCUT2D eigenvalue weighted by Crippen LogP contribution is -2.04. The van der Waals surface area contributed by atoms with E-state index in [1.165, 1.54) is 18.2 Å². The smallest absolute Gasteiger partial charge is 0.0418 e. The van der Waals surface area contributed by atoms with Gasteiger partial charge < -0.3 is 10.0 Å². The molecule has 0 amide bonds. The summed E-state index contributed by atoms with van der Waals surface area (Å²) in [5.41, 5.74) is 0. The summed E-state index contributed by atoms with van der Waals surface area (Å²) in [5.74, 6) is 2.47. The Morgan fingerprint density at radius 2 is 2.27 bits per heavy atom. The molecular weight excluding hydrogens is 176 g/mol. The van der Waals surface area contributed by atoms with Crippen molar-refractivity contribution in [3.63, 3.8) is 0 Å². The van der Waals surface area contributed by atoms with Crippen LogP contribution in [0.3, 0.4) is 0 Å². The first-order chi connectivity index (χ1) is 5.50. The van der Waals surface area contributed by atoms with E-state index in [9.17, 15) is 0 Å². The molecule has 1 saturated heterocycles. The van der Waals surface area contributed by atoms with Crippen LogP contribution in [0.4, 0.5) is 0 Å². The van der Waals surface area contributed by atoms with Gasteiger partial charge in [-0.05, 0) is 23.4 Å². The van der Waals surface area contributed by atoms with Gasteiger partial charge in [-0.15, -0.1) is 11.8 Å². The highest BCUT2D eigenvalue weighted by Gasteiger charge is 1.93. The molecule has 0 radical (unpaired) electrons. The molecule has 0 unspecified atom stereocenters. The van der Waals surface area contributed by atoms with Crippen LogP contribution in [0.2, 0.25) is 0 Å². The molecule has 2 aliphatic rings. The van der Waals surface area contributed by atoms with Crippen molar-refractivity contribution in [1.82, 2.24) is 10.0 Å². The topological polar surface area (TPSA) is 24.1 Å². The minimum Gasteiger partial charge on any atom is -0.333 e. The lowest BCUT2D eigenvalue weighted by molar-refractivity contribution is 0.885. The van der Waals surface area contributed by atoms with Gasteiger partial charge in [-0.3, -0.25) is 0 Å². The maximum absolute atomic E-state index is 3.19. The zero-order valence-electron chi connectivity index (χ0n) is 6.25. The fourth-order valence-electron chi connectivity index (χ4n) is 0.619. The number of hydrogen-bond donors (Lipinski definition) is 2. The minimum atomic E-state index is 1.17. The molecule has 0 aromatic carbocycles. The number of thioether (sulfide) groups is 1. The molecule has 62 valence electrons. The van der Waals surface area contributed by atoms with Crippen molar-refractivity contribution >= 4 is 23.7 Å². The van der Waals surface area contributed by atoms with E-state index < -0.39 is 0 Å². The molecule has 2 N–H and O–H groups in total. The molecular formula is C7H12N2S2. The summed E-state index contributed by atoms with van der Waals surface area (Å²) in [6, 6.07) is 0. The number of nitrogens with one attached hydrogen (secondary N) is 2. The Morgan fingerprint density at radius 3 is 2.45 bits per heavy atom. The van der Waals surface area contributed by atoms with E-state index in [1.807, 2.05) is 35.5 Å². The third-order valence-electron chi connectivity index (χ3n) is 1.12. The van der Waals surface area contributed by atoms with E-state index in [4.69, 9.17) is 0 Å². The van der Waals surface area contributed by atoms with Crippen LogP contribution in [0.5, 0.6) is 0 Å². The Balaban J connectivity index is 0.000000112. The molecule has 0 saturated carbocycles. The van der Waals surface area contributed by atoms with Crippen molar-refractivity contribution in [2.24, 2.45) is 0 Å². The molecule has 4 heteroatoms. The Labute approximate surface area is 76.0 Å². The van der Waals surface area contributed by atoms with Gasteiger partial charge in [0.05, 0.1) is 0 Å². The maximum atomic E-state index is 3.19. The molecule has 0 aromatic rings. The average Bonchev–Trinajstić information content (AvgIpc) is 2.64. The van der Waals surface area contributed by atoms with Crippen molar-refractivity contribution in [2.75, 3.05) is 18.2 Å². The lowest BCUT2D eigenvalue weighted by Gasteiger charge is -1.93. The summed E-state index contributed by atoms with van der Waals surface area (Å²) in [6.45, 7) is 1.21. The third-order valence-corrected chi connectivity index (χ3v) is 2.58. The third kappa shape index (κ3) is 5.24. The van der Waals surface area contributed by atoms with E-state index in [1.54, 1.807) is 11.9 Å². The van der Waals surface area contributed by atoms with Gasteiger partial charge >= 0.3 is 0 Å². The molecule has 11 heavy (non-hydrogen) atoms. The van der Waals surface area contributed by atoms with Crippen LogP contribution in [-0.4, -0.2) is 18.2 Å². The quantitative estimate of drug-likeness (QED) is 0.563. The highest BCUT2D eigenvalue weighted by atomic mass is 32.2. The largest absolute Gasteiger partial charge is 0.333 e. The summed E-state index contributed by atoms with van der Waals surface area (Å²) in [5, 5.41) is 5.17. The molecule has 0 atom stereocenters. The number of hydrogen-bond acceptors (Lipinski definition) is 4. The zero-order chi connectivity index (χ0) is 7.78. The van der Waals surface area contributed by atoms with Crippen LogP contribution in [0, 0.1) is 0 Å². The van der Waals surface area contributed by atoms with Gasteiger partial charge in [-0.2, -0.15) is 0 Å². The van der Waals surface area contributed by atoms with E-state index in [2.05, 4.69) is 10.0 Å². The predicted octanol–water partition coefficient (Wildman–Crippen LogP) is 1.55. The van der Waals surface area contributed by atoms with Gasteiger partial charge in [0.2, 0.25) is 0 Å². The molecule has 0 bridgehead atoms. The first-order valence-corrected chi connectivity index (χ1v) is 5.55. The minimum absolute atomic E-state index is 1.17. The first-order valence-electron chi connectivity index (χ1n) is 3.51. The predicted molar refractivity (Wildman–Crippen MR) is 54.3 cm³/mol. The van der Waals surface area contributed by atoms with Crippen LogP contribution in [-0.2, 0) is 0 Å². The van der Waals surface area contributed by atoms with Crippen molar-refractivity contribution in [3.8, 4) is 0 Å². The van der Waals surface area contributed by atoms with Crippen LogP contribution in [0.1, 0.15) is 0 Å². The molecule has 0 aromatic heterocycles. The zero-order valence-corrected chi connectivity index (χ0v) is 7.88. The van der Waals surface area contributed by atoms with Crippen molar-refractivity contribution in [3.05, 3.63) is 23.8 Å². The van der Waals surface area contributed by atoms with Crippen LogP contribution < -0.4 is 10.0 Å². The van der Waals surface area contributed by atoms with E-state index >= 15 is 0 Å². The van der Waals surface area contributed by atoms with Gasteiger partial charge in [-0.25, -0.2) is 0 Å². The van der Waals surface area contributed by atoms with E-state index in [-0.39, 0.29) is 0 Å². The van der Waals surface area contributed by atoms with Crippen molar-refractivity contribution in [1.29, 1.82) is 0 Å². The summed E-state index contributed by atoms with van der Waals surface area (Å²) in [6.07, 6.45) is 5.84. The molecule has 2 heterocycles. The Bertz CT molecular complexity index is 122. The summed E-state index contributed by atoms with van der Waals surface area (Å²) in [7, 11) is 0. The van der Waals surface area contributed by atoms with E-state index in [0.717, 1.165) is 0 Å². The first kappa shape index (κ1) is 9.03. The second kappa shape index (κ2) is 6.64. The fraction of sp³-hybridized carbons (Fsp3) is 0.429. The highest BCUT2D eigenvalue weighted by Crippen LogP contribution is 1.99. The summed E-state index contributed by atoms with van der Waals surface area (Å²) < 4.78 is 2.93. The Morgan fingerprint density at radius 1 is 1.27 bits per heavy atom. The average molecular weight is 188 g/mol. The van der Waals surface area contributed by atoms with Crippen LogP contribution >= 0.6 is 23.7 Å². The molecule has 2 nitrogen and oxygen atoms in total. The monoisotopic (exact) mass is 188 g/mol. The Hall–Kier alpha value is -0.0600. The van der Waals surface area contributed by atoms with Gasteiger partial charge in [-0.1, -0.05) is 6.08 Å². The second-order valence-electron chi connectivity index (χ2n) is 1.98. The van der Waals surface area contributed by atoms with Crippen molar-refractivity contribution < 1.29 is 0 Å². The number of rotatable bonds is 0. The maximum Gasteiger partial charge on any atom is 0.0418 e. The fourth-order valence-corrected chi connectivity index (χ4v) is 1.75. The lowest BCUT2D eigenvalue weighted by atomic mass is 10.6. The van der Waals surface area contributed by atoms with Gasteiger partial charge in [0.15, 0.2) is 0 Å². The van der Waals surface area contributed by atoms with E-state index in [0.29, 0.717) is 0 Å². The molecule has 1 fully saturated rings. The molecule has 2 aliphatic heterocycles. The summed E-state index contributed by atoms with van der Waals surface area (Å²) in [4.78, 5) is 0. The molecule has 0 spiro atoms. The molecule has 2 rings (SSSR count).